The van der Waals surface area contributed by atoms with Crippen LogP contribution in [-0.2, 0) is 20.0 Å². The highest BCUT2D eigenvalue weighted by Gasteiger charge is 2.20. The van der Waals surface area contributed by atoms with Crippen molar-refractivity contribution in [3.05, 3.63) is 29.8 Å². The number of sulfonamides is 2. The van der Waals surface area contributed by atoms with Gasteiger partial charge in [0.05, 0.1) is 11.2 Å². The van der Waals surface area contributed by atoms with Crippen molar-refractivity contribution in [2.45, 2.75) is 4.90 Å². The molecule has 0 aliphatic rings. The summed E-state index contributed by atoms with van der Waals surface area (Å²) < 4.78 is 70.6. The predicted molar refractivity (Wildman–Crippen MR) is 51.5 cm³/mol. The van der Waals surface area contributed by atoms with E-state index in [1.165, 1.54) is 4.13 Å². The molecule has 0 heterocycles. The minimum atomic E-state index is -4.40. The Labute approximate surface area is 91.2 Å². The molecule has 1 aromatic rings. The van der Waals surface area contributed by atoms with Crippen molar-refractivity contribution >= 4 is 20.0 Å². The van der Waals surface area contributed by atoms with Gasteiger partial charge in [-0.2, -0.15) is 0 Å². The van der Waals surface area contributed by atoms with Crippen LogP contribution in [0.2, 0.25) is 0 Å². The van der Waals surface area contributed by atoms with E-state index in [0.717, 1.165) is 6.07 Å². The Balaban J connectivity index is 3.24. The summed E-state index contributed by atoms with van der Waals surface area (Å²) in [5.41, 5.74) is 0. The van der Waals surface area contributed by atoms with Crippen molar-refractivity contribution in [1.29, 1.82) is 0 Å². The third-order valence-electron chi connectivity index (χ3n) is 1.46. The molecule has 0 aliphatic heterocycles. The van der Waals surface area contributed by atoms with Crippen molar-refractivity contribution in [1.82, 2.24) is 4.13 Å². The molecule has 0 bridgehead atoms. The molecule has 1 rings (SSSR count). The lowest BCUT2D eigenvalue weighted by Crippen LogP contribution is -2.29. The van der Waals surface area contributed by atoms with Crippen molar-refractivity contribution in [2.75, 3.05) is 6.26 Å². The maximum atomic E-state index is 12.7. The Bertz CT molecular complexity index is 609. The summed E-state index contributed by atoms with van der Waals surface area (Å²) in [7, 11) is -8.41. The highest BCUT2D eigenvalue weighted by molar-refractivity contribution is 8.04. The first-order chi connectivity index (χ1) is 7.12. The third-order valence-corrected chi connectivity index (χ3v) is 4.43. The fourth-order valence-electron chi connectivity index (χ4n) is 0.891. The fourth-order valence-corrected chi connectivity index (χ4v) is 3.38. The Morgan fingerprint density at radius 1 is 1.06 bits per heavy atom. The number of hydrogen-bond acceptors (Lipinski definition) is 4. The molecule has 1 N–H and O–H groups in total. The van der Waals surface area contributed by atoms with Gasteiger partial charge < -0.3 is 0 Å². The van der Waals surface area contributed by atoms with E-state index in [-0.39, 0.29) is 0 Å². The Kier molecular flexibility index (Phi) is 3.31. The molecule has 9 heteroatoms. The first-order valence-corrected chi connectivity index (χ1v) is 7.18. The lowest BCUT2D eigenvalue weighted by Gasteiger charge is -2.04. The SMILES string of the molecule is CS(=O)(=O)NS(=O)(=O)c1ccc(F)c(F)c1. The van der Waals surface area contributed by atoms with E-state index in [9.17, 15) is 25.6 Å². The normalized spacial score (nSPS) is 12.7. The maximum Gasteiger partial charge on any atom is 0.253 e. The molecule has 0 aliphatic carbocycles. The average molecular weight is 271 g/mol. The van der Waals surface area contributed by atoms with E-state index in [4.69, 9.17) is 0 Å². The highest BCUT2D eigenvalue weighted by Crippen LogP contribution is 2.13. The number of benzene rings is 1. The van der Waals surface area contributed by atoms with Crippen LogP contribution in [-0.4, -0.2) is 23.1 Å². The van der Waals surface area contributed by atoms with Crippen LogP contribution < -0.4 is 4.13 Å². The second kappa shape index (κ2) is 4.07. The molecule has 5 nitrogen and oxygen atoms in total. The van der Waals surface area contributed by atoms with Gasteiger partial charge >= 0.3 is 0 Å². The van der Waals surface area contributed by atoms with Crippen molar-refractivity contribution in [2.24, 2.45) is 0 Å². The van der Waals surface area contributed by atoms with Gasteiger partial charge in [0.15, 0.2) is 11.6 Å². The van der Waals surface area contributed by atoms with Crippen LogP contribution in [0.25, 0.3) is 0 Å². The number of hydrogen-bond donors (Lipinski definition) is 1. The molecule has 1 aromatic carbocycles. The van der Waals surface area contributed by atoms with Crippen molar-refractivity contribution < 1.29 is 25.6 Å². The molecule has 16 heavy (non-hydrogen) atoms. The van der Waals surface area contributed by atoms with E-state index >= 15 is 0 Å². The monoisotopic (exact) mass is 271 g/mol. The van der Waals surface area contributed by atoms with Gasteiger partial charge in [0.1, 0.15) is 0 Å². The van der Waals surface area contributed by atoms with Gasteiger partial charge in [0.2, 0.25) is 10.0 Å². The van der Waals surface area contributed by atoms with Crippen molar-refractivity contribution in [3.63, 3.8) is 0 Å². The topological polar surface area (TPSA) is 80.3 Å². The molecule has 0 saturated carbocycles. The number of nitrogens with one attached hydrogen (secondary N) is 1. The highest BCUT2D eigenvalue weighted by atomic mass is 32.3. The van der Waals surface area contributed by atoms with E-state index in [0.29, 0.717) is 18.4 Å². The van der Waals surface area contributed by atoms with Crippen LogP contribution >= 0.6 is 0 Å². The molecule has 0 saturated heterocycles. The number of halogens is 2. The molecular formula is C7H7F2NO4S2. The summed E-state index contributed by atoms with van der Waals surface area (Å²) in [5, 5.41) is 0. The predicted octanol–water partition coefficient (Wildman–Crippen LogP) is 0.203. The fraction of sp³-hybridized carbons (Fsp3) is 0.143. The van der Waals surface area contributed by atoms with Crippen LogP contribution in [0.5, 0.6) is 0 Å². The second-order valence-electron chi connectivity index (χ2n) is 2.93. The first-order valence-electron chi connectivity index (χ1n) is 3.80. The van der Waals surface area contributed by atoms with Crippen LogP contribution in [0.3, 0.4) is 0 Å². The van der Waals surface area contributed by atoms with Crippen LogP contribution in [0, 0.1) is 11.6 Å². The van der Waals surface area contributed by atoms with Crippen LogP contribution in [0.15, 0.2) is 23.1 Å². The van der Waals surface area contributed by atoms with Crippen LogP contribution in [0.1, 0.15) is 0 Å². The van der Waals surface area contributed by atoms with E-state index in [1.54, 1.807) is 0 Å². The molecular weight excluding hydrogens is 264 g/mol. The van der Waals surface area contributed by atoms with E-state index < -0.39 is 36.6 Å². The van der Waals surface area contributed by atoms with E-state index in [2.05, 4.69) is 0 Å². The van der Waals surface area contributed by atoms with Gasteiger partial charge in [-0.1, -0.05) is 0 Å². The van der Waals surface area contributed by atoms with Gasteiger partial charge in [-0.3, -0.25) is 0 Å². The second-order valence-corrected chi connectivity index (χ2v) is 6.62. The summed E-state index contributed by atoms with van der Waals surface area (Å²) in [5.74, 6) is -2.60. The minimum absolute atomic E-state index is 0.392. The van der Waals surface area contributed by atoms with Gasteiger partial charge in [-0.15, -0.1) is 4.13 Å². The zero-order valence-corrected chi connectivity index (χ0v) is 9.57. The van der Waals surface area contributed by atoms with Gasteiger partial charge in [0, 0.05) is 0 Å². The summed E-state index contributed by atoms with van der Waals surface area (Å²) in [6.45, 7) is 0. The quantitative estimate of drug-likeness (QED) is 0.851. The Hall–Kier alpha value is -1.06. The Morgan fingerprint density at radius 3 is 2.06 bits per heavy atom. The summed E-state index contributed by atoms with van der Waals surface area (Å²) in [6, 6.07) is 1.74. The van der Waals surface area contributed by atoms with Gasteiger partial charge in [-0.25, -0.2) is 25.6 Å². The lowest BCUT2D eigenvalue weighted by atomic mass is 10.3. The van der Waals surface area contributed by atoms with Crippen LogP contribution in [0.4, 0.5) is 8.78 Å². The molecule has 0 spiro atoms. The zero-order valence-electron chi connectivity index (χ0n) is 7.94. The largest absolute Gasteiger partial charge is 0.253 e. The third kappa shape index (κ3) is 3.22. The maximum absolute atomic E-state index is 12.7. The minimum Gasteiger partial charge on any atom is -0.212 e. The summed E-state index contributed by atoms with van der Waals surface area (Å²) >= 11 is 0. The summed E-state index contributed by atoms with van der Waals surface area (Å²) in [6.07, 6.45) is 0.629. The molecule has 0 fully saturated rings. The zero-order chi connectivity index (χ0) is 12.6. The molecule has 0 radical (unpaired) electrons. The number of rotatable bonds is 3. The molecule has 0 unspecified atom stereocenters. The molecule has 0 amide bonds. The lowest BCUT2D eigenvalue weighted by molar-refractivity contribution is 0.504. The van der Waals surface area contributed by atoms with Crippen molar-refractivity contribution in [3.8, 4) is 0 Å². The van der Waals surface area contributed by atoms with Gasteiger partial charge in [-0.05, 0) is 18.2 Å². The molecule has 90 valence electrons. The van der Waals surface area contributed by atoms with Gasteiger partial charge in [0.25, 0.3) is 10.0 Å². The smallest absolute Gasteiger partial charge is 0.212 e. The Morgan fingerprint density at radius 2 is 1.62 bits per heavy atom. The first kappa shape index (κ1) is 13.0. The molecule has 0 aromatic heterocycles. The van der Waals surface area contributed by atoms with E-state index in [1.807, 2.05) is 0 Å². The summed E-state index contributed by atoms with van der Waals surface area (Å²) in [4.78, 5) is -0.670. The molecule has 0 atom stereocenters. The standard InChI is InChI=1S/C7H7F2NO4S2/c1-15(11,12)10-16(13,14)5-2-3-6(8)7(9)4-5/h2-4,10H,1H3. The average Bonchev–Trinajstić information content (AvgIpc) is 2.05.